The molecule has 0 radical (unpaired) electrons. The highest BCUT2D eigenvalue weighted by molar-refractivity contribution is 7.89. The van der Waals surface area contributed by atoms with E-state index in [0.29, 0.717) is 57.9 Å². The predicted octanol–water partition coefficient (Wildman–Crippen LogP) is 0.682. The largest absolute Gasteiger partial charge is 0.493 e. The smallest absolute Gasteiger partial charge is 0.289 e. The number of piperidine rings is 1. The Bertz CT molecular complexity index is 1150. The van der Waals surface area contributed by atoms with Gasteiger partial charge in [0.15, 0.2) is 17.3 Å². The summed E-state index contributed by atoms with van der Waals surface area (Å²) in [5.41, 5.74) is -1.29. The molecule has 0 saturated carbocycles. The van der Waals surface area contributed by atoms with E-state index in [1.165, 1.54) is 38.7 Å². The minimum Gasteiger partial charge on any atom is -0.493 e. The van der Waals surface area contributed by atoms with Gasteiger partial charge in [-0.2, -0.15) is 4.72 Å². The van der Waals surface area contributed by atoms with Crippen LogP contribution in [0.3, 0.4) is 0 Å². The van der Waals surface area contributed by atoms with Crippen LogP contribution in [0.1, 0.15) is 23.4 Å². The van der Waals surface area contributed by atoms with Crippen LogP contribution in [0.25, 0.3) is 0 Å². The summed E-state index contributed by atoms with van der Waals surface area (Å²) < 4.78 is 45.1. The van der Waals surface area contributed by atoms with E-state index in [1.54, 1.807) is 21.9 Å². The van der Waals surface area contributed by atoms with Crippen molar-refractivity contribution in [1.29, 1.82) is 0 Å². The van der Waals surface area contributed by atoms with Crippen molar-refractivity contribution in [1.82, 2.24) is 19.8 Å². The Hall–Kier alpha value is -3.09. The first-order valence-electron chi connectivity index (χ1n) is 11.4. The second kappa shape index (κ2) is 10.3. The lowest BCUT2D eigenvalue weighted by Crippen LogP contribution is -2.65. The van der Waals surface area contributed by atoms with Gasteiger partial charge in [0.1, 0.15) is 5.54 Å². The second-order valence-corrected chi connectivity index (χ2v) is 10.2. The lowest BCUT2D eigenvalue weighted by molar-refractivity contribution is -0.140. The van der Waals surface area contributed by atoms with E-state index in [1.807, 2.05) is 0 Å². The molecule has 35 heavy (non-hydrogen) atoms. The quantitative estimate of drug-likeness (QED) is 0.561. The molecule has 0 spiro atoms. The average Bonchev–Trinajstić information content (AvgIpc) is 3.43. The molecule has 0 atom stereocenters. The van der Waals surface area contributed by atoms with Crippen molar-refractivity contribution in [3.05, 3.63) is 42.4 Å². The number of methoxy groups -OCH3 is 2. The van der Waals surface area contributed by atoms with Crippen LogP contribution >= 0.6 is 0 Å². The van der Waals surface area contributed by atoms with E-state index < -0.39 is 15.6 Å². The summed E-state index contributed by atoms with van der Waals surface area (Å²) in [6.45, 7) is 2.27. The first kappa shape index (κ1) is 25.0. The first-order valence-corrected chi connectivity index (χ1v) is 12.9. The highest BCUT2D eigenvalue weighted by atomic mass is 32.2. The number of rotatable bonds is 7. The van der Waals surface area contributed by atoms with Gasteiger partial charge in [-0.25, -0.2) is 8.42 Å². The summed E-state index contributed by atoms with van der Waals surface area (Å²) in [4.78, 5) is 29.5. The molecule has 2 N–H and O–H groups in total. The molecule has 12 heteroatoms. The second-order valence-electron chi connectivity index (χ2n) is 8.52. The zero-order chi connectivity index (χ0) is 25.1. The number of carbonyl (C=O) groups is 2. The molecule has 2 aliphatic heterocycles. The number of piperazine rings is 1. The first-order chi connectivity index (χ1) is 16.8. The highest BCUT2D eigenvalue weighted by Gasteiger charge is 2.46. The Morgan fingerprint density at radius 3 is 2.26 bits per heavy atom. The minimum absolute atomic E-state index is 0.0188. The predicted molar refractivity (Wildman–Crippen MR) is 126 cm³/mol. The molecule has 190 valence electrons. The summed E-state index contributed by atoms with van der Waals surface area (Å²) >= 11 is 0. The fourth-order valence-corrected chi connectivity index (χ4v) is 5.92. The lowest BCUT2D eigenvalue weighted by atomic mass is 9.87. The van der Waals surface area contributed by atoms with Crippen molar-refractivity contribution in [3.8, 4) is 11.5 Å². The maximum absolute atomic E-state index is 13.7. The lowest BCUT2D eigenvalue weighted by Gasteiger charge is -2.43. The topological polar surface area (TPSA) is 130 Å². The van der Waals surface area contributed by atoms with Gasteiger partial charge >= 0.3 is 0 Å². The Balaban J connectivity index is 1.51. The Labute approximate surface area is 204 Å². The maximum atomic E-state index is 13.7. The normalized spacial score (nSPS) is 18.2. The molecule has 0 aliphatic carbocycles. The molecule has 0 bridgehead atoms. The van der Waals surface area contributed by atoms with Gasteiger partial charge in [-0.3, -0.25) is 9.59 Å². The molecule has 3 heterocycles. The summed E-state index contributed by atoms with van der Waals surface area (Å²) in [6.07, 6.45) is 2.06. The Morgan fingerprint density at radius 1 is 1.00 bits per heavy atom. The van der Waals surface area contributed by atoms with Crippen LogP contribution < -0.4 is 19.5 Å². The number of furan rings is 1. The van der Waals surface area contributed by atoms with Gasteiger partial charge in [0.25, 0.3) is 5.91 Å². The standard InChI is InChI=1S/C23H30N4O7S/c1-32-18-6-5-17(16-20(18)33-2)35(30,31)25-23(7-9-24-10-8-23)22(29)27-13-11-26(12-14-27)21(28)19-4-3-15-34-19/h3-6,15-16,24-25H,7-14H2,1-2H3. The molecule has 2 aliphatic rings. The summed E-state index contributed by atoms with van der Waals surface area (Å²) in [6, 6.07) is 7.56. The maximum Gasteiger partial charge on any atom is 0.289 e. The third-order valence-corrected chi connectivity index (χ3v) is 7.98. The van der Waals surface area contributed by atoms with E-state index in [-0.39, 0.29) is 28.2 Å². The number of ether oxygens (including phenoxy) is 2. The summed E-state index contributed by atoms with van der Waals surface area (Å²) in [5.74, 6) is 0.419. The molecule has 2 fully saturated rings. The zero-order valence-corrected chi connectivity index (χ0v) is 20.6. The monoisotopic (exact) mass is 506 g/mol. The number of hydrogen-bond donors (Lipinski definition) is 2. The van der Waals surface area contributed by atoms with Crippen molar-refractivity contribution in [2.75, 3.05) is 53.5 Å². The van der Waals surface area contributed by atoms with Crippen molar-refractivity contribution < 1.29 is 31.9 Å². The van der Waals surface area contributed by atoms with Crippen LogP contribution in [0.2, 0.25) is 0 Å². The fourth-order valence-electron chi connectivity index (χ4n) is 4.48. The number of sulfonamides is 1. The van der Waals surface area contributed by atoms with Crippen molar-refractivity contribution >= 4 is 21.8 Å². The third-order valence-electron chi connectivity index (χ3n) is 6.45. The molecule has 1 aromatic carbocycles. The number of nitrogens with zero attached hydrogens (tertiary/aromatic N) is 2. The average molecular weight is 507 g/mol. The molecule has 2 aromatic rings. The molecule has 4 rings (SSSR count). The number of hydrogen-bond acceptors (Lipinski definition) is 8. The Morgan fingerprint density at radius 2 is 1.66 bits per heavy atom. The fraction of sp³-hybridized carbons (Fsp3) is 0.478. The SMILES string of the molecule is COc1ccc(S(=O)(=O)NC2(C(=O)N3CCN(C(=O)c4ccco4)CC3)CCNCC2)cc1OC. The summed E-state index contributed by atoms with van der Waals surface area (Å²) in [7, 11) is -1.16. The third kappa shape index (κ3) is 5.14. The molecule has 11 nitrogen and oxygen atoms in total. The zero-order valence-electron chi connectivity index (χ0n) is 19.8. The van der Waals surface area contributed by atoms with Crippen molar-refractivity contribution in [3.63, 3.8) is 0 Å². The van der Waals surface area contributed by atoms with Gasteiger partial charge in [-0.1, -0.05) is 0 Å². The molecular formula is C23H30N4O7S. The van der Waals surface area contributed by atoms with E-state index in [2.05, 4.69) is 10.0 Å². The van der Waals surface area contributed by atoms with Crippen LogP contribution in [-0.2, 0) is 14.8 Å². The number of amides is 2. The molecule has 2 amide bonds. The van der Waals surface area contributed by atoms with E-state index in [9.17, 15) is 18.0 Å². The van der Waals surface area contributed by atoms with Gasteiger partial charge in [0, 0.05) is 32.2 Å². The number of benzene rings is 1. The van der Waals surface area contributed by atoms with Gasteiger partial charge in [-0.15, -0.1) is 0 Å². The van der Waals surface area contributed by atoms with E-state index in [0.717, 1.165) is 0 Å². The van der Waals surface area contributed by atoms with Crippen LogP contribution in [0.5, 0.6) is 11.5 Å². The minimum atomic E-state index is -4.05. The van der Waals surface area contributed by atoms with Crippen molar-refractivity contribution in [2.45, 2.75) is 23.3 Å². The van der Waals surface area contributed by atoms with Crippen molar-refractivity contribution in [2.24, 2.45) is 0 Å². The van der Waals surface area contributed by atoms with Gasteiger partial charge in [-0.05, 0) is 50.2 Å². The summed E-state index contributed by atoms with van der Waals surface area (Å²) in [5, 5.41) is 3.19. The molecule has 1 aromatic heterocycles. The van der Waals surface area contributed by atoms with Crippen LogP contribution in [0, 0.1) is 0 Å². The Kier molecular flexibility index (Phi) is 7.33. The van der Waals surface area contributed by atoms with E-state index in [4.69, 9.17) is 13.9 Å². The van der Waals surface area contributed by atoms with Crippen LogP contribution in [0.15, 0.2) is 45.9 Å². The highest BCUT2D eigenvalue weighted by Crippen LogP contribution is 2.31. The van der Waals surface area contributed by atoms with Crippen LogP contribution in [-0.4, -0.2) is 89.1 Å². The van der Waals surface area contributed by atoms with Gasteiger partial charge in [0.2, 0.25) is 15.9 Å². The number of nitrogens with one attached hydrogen (secondary N) is 2. The van der Waals surface area contributed by atoms with E-state index >= 15 is 0 Å². The van der Waals surface area contributed by atoms with Crippen LogP contribution in [0.4, 0.5) is 0 Å². The van der Waals surface area contributed by atoms with Gasteiger partial charge in [0.05, 0.1) is 25.4 Å². The molecule has 0 unspecified atom stereocenters. The molecule has 2 saturated heterocycles. The molecular weight excluding hydrogens is 476 g/mol. The number of carbonyl (C=O) groups excluding carboxylic acids is 2. The van der Waals surface area contributed by atoms with Gasteiger partial charge < -0.3 is 29.0 Å².